The summed E-state index contributed by atoms with van der Waals surface area (Å²) in [5.74, 6) is 0. The Labute approximate surface area is 123 Å². The molecule has 0 aromatic rings. The second-order valence-corrected chi connectivity index (χ2v) is 4.09. The van der Waals surface area contributed by atoms with Gasteiger partial charge in [0.15, 0.2) is 0 Å². The van der Waals surface area contributed by atoms with E-state index in [4.69, 9.17) is 0 Å². The van der Waals surface area contributed by atoms with E-state index in [1.807, 2.05) is 0 Å². The molecule has 0 aliphatic heterocycles. The molecule has 0 aromatic carbocycles. The summed E-state index contributed by atoms with van der Waals surface area (Å²) in [7, 11) is 0. The summed E-state index contributed by atoms with van der Waals surface area (Å²) in [5.41, 5.74) is 2.93. The molecule has 2 aliphatic rings. The maximum Gasteiger partial charge on any atom is 0.00834 e. The molecule has 0 aromatic heterocycles. The average molecular weight is 239 g/mol. The number of hydrogen-bond donors (Lipinski definition) is 0. The number of hydrogen-bond acceptors (Lipinski definition) is 0. The van der Waals surface area contributed by atoms with Crippen LogP contribution in [0, 0.1) is 12.8 Å². The molecule has 0 atom stereocenters. The van der Waals surface area contributed by atoms with Crippen molar-refractivity contribution in [2.24, 2.45) is 0 Å². The summed E-state index contributed by atoms with van der Waals surface area (Å²) >= 11 is 0. The van der Waals surface area contributed by atoms with Crippen LogP contribution < -0.4 is 0 Å². The van der Waals surface area contributed by atoms with E-state index in [1.54, 1.807) is 0 Å². The van der Waals surface area contributed by atoms with Crippen molar-refractivity contribution in [3.63, 3.8) is 0 Å². The van der Waals surface area contributed by atoms with Crippen LogP contribution in [0.4, 0.5) is 0 Å². The molecule has 0 unspecified atom stereocenters. The molecular weight excluding hydrogens is 216 g/mol. The quantitative estimate of drug-likeness (QED) is 0.628. The van der Waals surface area contributed by atoms with Gasteiger partial charge in [-0.3, -0.25) is 0 Å². The molecule has 0 amide bonds. The zero-order chi connectivity index (χ0) is 11.6. The second kappa shape index (κ2) is 10.9. The zero-order valence-corrected chi connectivity index (χ0v) is 12.6. The molecule has 0 N–H and O–H groups in total. The Morgan fingerprint density at radius 3 is 1.35 bits per heavy atom. The number of rotatable bonds is 4. The normalized spacial score (nSPS) is 15.9. The summed E-state index contributed by atoms with van der Waals surface area (Å²) in [4.78, 5) is 0. The van der Waals surface area contributed by atoms with Crippen molar-refractivity contribution in [3.8, 4) is 0 Å². The smallest absolute Gasteiger partial charge is 0.00834 e. The molecule has 17 heavy (non-hydrogen) atoms. The van der Waals surface area contributed by atoms with Crippen LogP contribution in [0.15, 0.2) is 47.6 Å². The van der Waals surface area contributed by atoms with Crippen LogP contribution in [-0.2, 0) is 0 Å². The van der Waals surface area contributed by atoms with Crippen LogP contribution in [0.25, 0.3) is 0 Å². The third kappa shape index (κ3) is 7.61. The first kappa shape index (κ1) is 16.7. The monoisotopic (exact) mass is 238 g/mol. The predicted molar refractivity (Wildman–Crippen MR) is 78.6 cm³/mol. The van der Waals surface area contributed by atoms with E-state index >= 15 is 0 Å². The van der Waals surface area contributed by atoms with Gasteiger partial charge in [0.05, 0.1) is 0 Å². The van der Waals surface area contributed by atoms with Gasteiger partial charge < -0.3 is 0 Å². The molecule has 2 aliphatic carbocycles. The molecule has 0 nitrogen and oxygen atoms in total. The first-order valence-corrected chi connectivity index (χ1v) is 6.28. The lowest BCUT2D eigenvalue weighted by Crippen LogP contribution is -1.75. The van der Waals surface area contributed by atoms with E-state index in [0.717, 1.165) is 0 Å². The highest BCUT2D eigenvalue weighted by Crippen LogP contribution is 2.14. The minimum absolute atomic E-state index is 0. The summed E-state index contributed by atoms with van der Waals surface area (Å²) in [5, 5.41) is 0. The van der Waals surface area contributed by atoms with E-state index in [-0.39, 0.29) is 23.1 Å². The molecule has 2 rings (SSSR count). The molecule has 88 valence electrons. The lowest BCUT2D eigenvalue weighted by atomic mass is 10.1. The highest BCUT2D eigenvalue weighted by molar-refractivity contribution is 5.75. The topological polar surface area (TPSA) is 0 Å². The fraction of sp³-hybridized carbons (Fsp3) is 0.375. The summed E-state index contributed by atoms with van der Waals surface area (Å²) in [6.45, 7) is 4.40. The molecule has 0 bridgehead atoms. The van der Waals surface area contributed by atoms with Crippen molar-refractivity contribution in [2.45, 2.75) is 39.5 Å². The number of allylic oxidation sites excluding steroid dienone is 8. The van der Waals surface area contributed by atoms with Gasteiger partial charge in [-0.1, -0.05) is 74.3 Å². The minimum atomic E-state index is 0. The van der Waals surface area contributed by atoms with Crippen LogP contribution in [0.5, 0.6) is 0 Å². The Hall–Kier alpha value is -0.274. The summed E-state index contributed by atoms with van der Waals surface area (Å²) < 4.78 is 0. The largest absolute Gasteiger partial charge is 0.0764 e. The highest BCUT2D eigenvalue weighted by atomic mass is 24.3. The van der Waals surface area contributed by atoms with E-state index in [2.05, 4.69) is 63.1 Å². The first-order valence-electron chi connectivity index (χ1n) is 6.28. The highest BCUT2D eigenvalue weighted by Gasteiger charge is 1.96. The minimum Gasteiger partial charge on any atom is -0.0764 e. The van der Waals surface area contributed by atoms with Gasteiger partial charge >= 0.3 is 0 Å². The van der Waals surface area contributed by atoms with Crippen molar-refractivity contribution in [2.75, 3.05) is 0 Å². The van der Waals surface area contributed by atoms with Gasteiger partial charge in [-0.25, -0.2) is 0 Å². The van der Waals surface area contributed by atoms with Crippen molar-refractivity contribution in [1.29, 1.82) is 0 Å². The fourth-order valence-corrected chi connectivity index (χ4v) is 1.74. The lowest BCUT2D eigenvalue weighted by molar-refractivity contribution is 0.920. The molecule has 4 radical (unpaired) electrons. The van der Waals surface area contributed by atoms with Gasteiger partial charge in [-0.2, -0.15) is 0 Å². The van der Waals surface area contributed by atoms with Gasteiger partial charge in [0.1, 0.15) is 0 Å². The van der Waals surface area contributed by atoms with E-state index < -0.39 is 0 Å². The van der Waals surface area contributed by atoms with E-state index in [0.29, 0.717) is 0 Å². The SMILES string of the molecule is CCCC1=CC=C[CH]1.CCCC1=CC=C[CH]1.[Mg]. The van der Waals surface area contributed by atoms with Crippen LogP contribution in [0.2, 0.25) is 0 Å². The Balaban J connectivity index is 0.000000284. The predicted octanol–water partition coefficient (Wildman–Crippen LogP) is 4.59. The van der Waals surface area contributed by atoms with E-state index in [9.17, 15) is 0 Å². The van der Waals surface area contributed by atoms with Gasteiger partial charge in [0.2, 0.25) is 0 Å². The van der Waals surface area contributed by atoms with Gasteiger partial charge in [-0.05, 0) is 12.8 Å². The molecule has 0 spiro atoms. The van der Waals surface area contributed by atoms with E-state index in [1.165, 1.54) is 36.8 Å². The molecule has 0 heterocycles. The maximum atomic E-state index is 2.20. The Bertz CT molecular complexity index is 273. The Morgan fingerprint density at radius 2 is 1.12 bits per heavy atom. The van der Waals surface area contributed by atoms with Crippen molar-refractivity contribution >= 4 is 23.1 Å². The third-order valence-electron chi connectivity index (χ3n) is 2.54. The Kier molecular flexibility index (Phi) is 10.7. The summed E-state index contributed by atoms with van der Waals surface area (Å²) in [6, 6.07) is 0. The van der Waals surface area contributed by atoms with Gasteiger partial charge in [0, 0.05) is 35.9 Å². The molecule has 0 fully saturated rings. The lowest BCUT2D eigenvalue weighted by Gasteiger charge is -1.93. The van der Waals surface area contributed by atoms with Gasteiger partial charge in [-0.15, -0.1) is 0 Å². The second-order valence-electron chi connectivity index (χ2n) is 4.09. The van der Waals surface area contributed by atoms with Crippen LogP contribution in [0.1, 0.15) is 39.5 Å². The Morgan fingerprint density at radius 1 is 0.706 bits per heavy atom. The van der Waals surface area contributed by atoms with Crippen LogP contribution in [-0.4, -0.2) is 23.1 Å². The molecule has 0 saturated heterocycles. The fourth-order valence-electron chi connectivity index (χ4n) is 1.74. The van der Waals surface area contributed by atoms with Crippen molar-refractivity contribution < 1.29 is 0 Å². The molecular formula is C16H22Mg. The standard InChI is InChI=1S/2C8H11.Mg/c2*1-2-5-8-6-3-4-7-8;/h2*3-4,6-7H,2,5H2,1H3;. The third-order valence-corrected chi connectivity index (χ3v) is 2.54. The van der Waals surface area contributed by atoms with Crippen molar-refractivity contribution in [3.05, 3.63) is 60.4 Å². The molecule has 1 heteroatoms. The molecule has 0 saturated carbocycles. The average Bonchev–Trinajstić information content (AvgIpc) is 2.92. The van der Waals surface area contributed by atoms with Gasteiger partial charge in [0.25, 0.3) is 0 Å². The van der Waals surface area contributed by atoms with Crippen molar-refractivity contribution in [1.82, 2.24) is 0 Å². The van der Waals surface area contributed by atoms with Crippen LogP contribution >= 0.6 is 0 Å². The zero-order valence-electron chi connectivity index (χ0n) is 11.2. The first-order chi connectivity index (χ1) is 7.86. The van der Waals surface area contributed by atoms with Crippen LogP contribution in [0.3, 0.4) is 0 Å². The summed E-state index contributed by atoms with van der Waals surface area (Å²) in [6.07, 6.45) is 22.0. The maximum absolute atomic E-state index is 2.20.